The maximum absolute atomic E-state index is 5.76. The standard InChI is InChI=1S/C9H10N4O/c1-14-8-4-3-7(10)9(12-8)13-6-2-5-11-13/h2-6H,10H2,1H3. The third kappa shape index (κ3) is 1.39. The number of rotatable bonds is 2. The van der Waals surface area contributed by atoms with Crippen LogP contribution in [-0.4, -0.2) is 21.9 Å². The van der Waals surface area contributed by atoms with Gasteiger partial charge < -0.3 is 10.5 Å². The van der Waals surface area contributed by atoms with Gasteiger partial charge in [-0.1, -0.05) is 0 Å². The van der Waals surface area contributed by atoms with Gasteiger partial charge in [0.15, 0.2) is 5.82 Å². The van der Waals surface area contributed by atoms with E-state index in [9.17, 15) is 0 Å². The Morgan fingerprint density at radius 1 is 1.43 bits per heavy atom. The van der Waals surface area contributed by atoms with E-state index >= 15 is 0 Å². The second-order valence-electron chi connectivity index (χ2n) is 2.72. The molecule has 14 heavy (non-hydrogen) atoms. The van der Waals surface area contributed by atoms with Crippen LogP contribution in [0.4, 0.5) is 5.69 Å². The van der Waals surface area contributed by atoms with Crippen LogP contribution in [0.1, 0.15) is 0 Å². The quantitative estimate of drug-likeness (QED) is 0.762. The van der Waals surface area contributed by atoms with Gasteiger partial charge in [0.25, 0.3) is 0 Å². The summed E-state index contributed by atoms with van der Waals surface area (Å²) in [5.41, 5.74) is 6.32. The Morgan fingerprint density at radius 2 is 2.29 bits per heavy atom. The zero-order valence-corrected chi connectivity index (χ0v) is 7.71. The minimum Gasteiger partial charge on any atom is -0.481 e. The largest absolute Gasteiger partial charge is 0.481 e. The van der Waals surface area contributed by atoms with E-state index in [4.69, 9.17) is 10.5 Å². The fraction of sp³-hybridized carbons (Fsp3) is 0.111. The molecule has 0 amide bonds. The highest BCUT2D eigenvalue weighted by molar-refractivity contribution is 5.53. The summed E-state index contributed by atoms with van der Waals surface area (Å²) in [6.45, 7) is 0. The van der Waals surface area contributed by atoms with Crippen molar-refractivity contribution in [2.45, 2.75) is 0 Å². The van der Waals surface area contributed by atoms with Crippen LogP contribution in [0.2, 0.25) is 0 Å². The van der Waals surface area contributed by atoms with Gasteiger partial charge in [0.1, 0.15) is 0 Å². The third-order valence-electron chi connectivity index (χ3n) is 1.81. The Bertz CT molecular complexity index is 424. The maximum atomic E-state index is 5.76. The van der Waals surface area contributed by atoms with Crippen LogP contribution < -0.4 is 10.5 Å². The summed E-state index contributed by atoms with van der Waals surface area (Å²) >= 11 is 0. The van der Waals surface area contributed by atoms with Crippen LogP contribution in [-0.2, 0) is 0 Å². The Hall–Kier alpha value is -2.04. The first-order valence-electron chi connectivity index (χ1n) is 4.12. The lowest BCUT2D eigenvalue weighted by Crippen LogP contribution is -2.04. The molecule has 0 aliphatic rings. The number of methoxy groups -OCH3 is 1. The molecule has 2 N–H and O–H groups in total. The van der Waals surface area contributed by atoms with Gasteiger partial charge in [-0.25, -0.2) is 4.68 Å². The van der Waals surface area contributed by atoms with Crippen LogP contribution in [0.3, 0.4) is 0 Å². The maximum Gasteiger partial charge on any atom is 0.215 e. The minimum absolute atomic E-state index is 0.518. The van der Waals surface area contributed by atoms with Crippen molar-refractivity contribution in [2.24, 2.45) is 0 Å². The average molecular weight is 190 g/mol. The number of ether oxygens (including phenoxy) is 1. The fourth-order valence-corrected chi connectivity index (χ4v) is 1.13. The van der Waals surface area contributed by atoms with E-state index in [0.29, 0.717) is 17.4 Å². The van der Waals surface area contributed by atoms with Gasteiger partial charge in [0.2, 0.25) is 5.88 Å². The molecule has 2 heterocycles. The molecule has 0 saturated heterocycles. The van der Waals surface area contributed by atoms with E-state index in [-0.39, 0.29) is 0 Å². The van der Waals surface area contributed by atoms with E-state index in [0.717, 1.165) is 0 Å². The summed E-state index contributed by atoms with van der Waals surface area (Å²) in [5, 5.41) is 4.04. The first-order chi connectivity index (χ1) is 6.81. The highest BCUT2D eigenvalue weighted by Crippen LogP contribution is 2.17. The number of nitrogens with two attached hydrogens (primary N) is 1. The predicted octanol–water partition coefficient (Wildman–Crippen LogP) is 0.858. The smallest absolute Gasteiger partial charge is 0.215 e. The molecule has 5 nitrogen and oxygen atoms in total. The molecule has 0 saturated carbocycles. The minimum atomic E-state index is 0.518. The van der Waals surface area contributed by atoms with E-state index in [1.165, 1.54) is 0 Å². The molecule has 2 aromatic rings. The van der Waals surface area contributed by atoms with Gasteiger partial charge in [-0.3, -0.25) is 0 Å². The van der Waals surface area contributed by atoms with Crippen molar-refractivity contribution >= 4 is 5.69 Å². The van der Waals surface area contributed by atoms with E-state index in [1.807, 2.05) is 0 Å². The van der Waals surface area contributed by atoms with Crippen molar-refractivity contribution in [3.63, 3.8) is 0 Å². The average Bonchev–Trinajstić information content (AvgIpc) is 2.71. The Balaban J connectivity index is 2.51. The fourth-order valence-electron chi connectivity index (χ4n) is 1.13. The van der Waals surface area contributed by atoms with Crippen molar-refractivity contribution in [1.82, 2.24) is 14.8 Å². The summed E-state index contributed by atoms with van der Waals surface area (Å²) in [6.07, 6.45) is 3.44. The molecule has 0 spiro atoms. The summed E-state index contributed by atoms with van der Waals surface area (Å²) in [4.78, 5) is 4.19. The van der Waals surface area contributed by atoms with Crippen LogP contribution in [0.5, 0.6) is 5.88 Å². The zero-order valence-electron chi connectivity index (χ0n) is 7.71. The van der Waals surface area contributed by atoms with Crippen molar-refractivity contribution in [2.75, 3.05) is 12.8 Å². The molecular formula is C9H10N4O. The molecule has 0 aliphatic carbocycles. The van der Waals surface area contributed by atoms with Crippen LogP contribution in [0, 0.1) is 0 Å². The van der Waals surface area contributed by atoms with Gasteiger partial charge >= 0.3 is 0 Å². The lowest BCUT2D eigenvalue weighted by molar-refractivity contribution is 0.397. The Morgan fingerprint density at radius 3 is 2.93 bits per heavy atom. The molecule has 0 aromatic carbocycles. The second-order valence-corrected chi connectivity index (χ2v) is 2.72. The summed E-state index contributed by atoms with van der Waals surface area (Å²) < 4.78 is 6.60. The number of hydrogen-bond acceptors (Lipinski definition) is 4. The molecule has 0 radical (unpaired) electrons. The molecule has 2 aromatic heterocycles. The lowest BCUT2D eigenvalue weighted by atomic mass is 10.4. The van der Waals surface area contributed by atoms with Gasteiger partial charge in [-0.2, -0.15) is 10.1 Å². The zero-order chi connectivity index (χ0) is 9.97. The number of hydrogen-bond donors (Lipinski definition) is 1. The molecule has 0 unspecified atom stereocenters. The topological polar surface area (TPSA) is 66.0 Å². The molecule has 0 bridgehead atoms. The van der Waals surface area contributed by atoms with Gasteiger partial charge in [-0.05, 0) is 12.1 Å². The van der Waals surface area contributed by atoms with Crippen LogP contribution in [0.25, 0.3) is 5.82 Å². The summed E-state index contributed by atoms with van der Waals surface area (Å²) in [7, 11) is 1.56. The highest BCUT2D eigenvalue weighted by Gasteiger charge is 2.04. The molecular weight excluding hydrogens is 180 g/mol. The molecule has 0 atom stereocenters. The normalized spacial score (nSPS) is 10.1. The second kappa shape index (κ2) is 3.37. The van der Waals surface area contributed by atoms with Crippen molar-refractivity contribution in [1.29, 1.82) is 0 Å². The molecule has 5 heteroatoms. The van der Waals surface area contributed by atoms with E-state index in [2.05, 4.69) is 10.1 Å². The van der Waals surface area contributed by atoms with Crippen molar-refractivity contribution in [3.8, 4) is 11.7 Å². The van der Waals surface area contributed by atoms with Gasteiger partial charge in [0.05, 0.1) is 12.8 Å². The molecule has 0 aliphatic heterocycles. The Kier molecular flexibility index (Phi) is 2.06. The van der Waals surface area contributed by atoms with Gasteiger partial charge in [-0.15, -0.1) is 0 Å². The number of anilines is 1. The SMILES string of the molecule is COc1ccc(N)c(-n2cccn2)n1. The van der Waals surface area contributed by atoms with E-state index in [1.54, 1.807) is 42.4 Å². The summed E-state index contributed by atoms with van der Waals surface area (Å²) in [5.74, 6) is 1.10. The molecule has 2 rings (SSSR count). The predicted molar refractivity (Wildman–Crippen MR) is 52.3 cm³/mol. The summed E-state index contributed by atoms with van der Waals surface area (Å²) in [6, 6.07) is 5.26. The lowest BCUT2D eigenvalue weighted by Gasteiger charge is -2.06. The number of nitrogens with zero attached hydrogens (tertiary/aromatic N) is 3. The van der Waals surface area contributed by atoms with E-state index < -0.39 is 0 Å². The Labute approximate surface area is 81.1 Å². The van der Waals surface area contributed by atoms with Crippen LogP contribution >= 0.6 is 0 Å². The van der Waals surface area contributed by atoms with Crippen molar-refractivity contribution in [3.05, 3.63) is 30.6 Å². The van der Waals surface area contributed by atoms with Gasteiger partial charge in [0, 0.05) is 18.5 Å². The monoisotopic (exact) mass is 190 g/mol. The molecule has 72 valence electrons. The first kappa shape index (κ1) is 8.55. The molecule has 0 fully saturated rings. The highest BCUT2D eigenvalue weighted by atomic mass is 16.5. The number of pyridine rings is 1. The first-order valence-corrected chi connectivity index (χ1v) is 4.12. The number of nitrogen functional groups attached to an aromatic ring is 1. The third-order valence-corrected chi connectivity index (χ3v) is 1.81. The number of aromatic nitrogens is 3. The van der Waals surface area contributed by atoms with Crippen LogP contribution in [0.15, 0.2) is 30.6 Å². The van der Waals surface area contributed by atoms with Crippen molar-refractivity contribution < 1.29 is 4.74 Å².